The van der Waals surface area contributed by atoms with E-state index < -0.39 is 0 Å². The molecule has 0 aliphatic carbocycles. The number of fused-ring (bicyclic) bond motifs is 1. The van der Waals surface area contributed by atoms with E-state index in [9.17, 15) is 0 Å². The molecule has 2 aromatic rings. The van der Waals surface area contributed by atoms with Crippen molar-refractivity contribution in [3.05, 3.63) is 41.1 Å². The minimum atomic E-state index is 0.446. The van der Waals surface area contributed by atoms with Crippen LogP contribution in [0.2, 0.25) is 0 Å². The van der Waals surface area contributed by atoms with Crippen molar-refractivity contribution in [2.45, 2.75) is 46.1 Å². The average Bonchev–Trinajstić information content (AvgIpc) is 2.70. The van der Waals surface area contributed by atoms with Crippen molar-refractivity contribution in [1.29, 1.82) is 0 Å². The molecule has 3 rings (SSSR count). The molecule has 1 atom stereocenters. The van der Waals surface area contributed by atoms with E-state index in [1.54, 1.807) is 0 Å². The van der Waals surface area contributed by atoms with E-state index in [0.29, 0.717) is 6.04 Å². The quantitative estimate of drug-likeness (QED) is 0.934. The molecule has 21 heavy (non-hydrogen) atoms. The lowest BCUT2D eigenvalue weighted by atomic mass is 10.0. The maximum absolute atomic E-state index is 4.96. The summed E-state index contributed by atoms with van der Waals surface area (Å²) in [4.78, 5) is 0. The molecular weight excluding hydrogens is 258 g/mol. The van der Waals surface area contributed by atoms with E-state index in [1.165, 1.54) is 28.1 Å². The number of hydrogen-bond acceptors (Lipinski definition) is 2. The SMILES string of the molecule is CCC(C)n1nc2c(c1-c1ccc(C)cc1)CCNCC2. The first-order chi connectivity index (χ1) is 10.2. The Balaban J connectivity index is 2.15. The van der Waals surface area contributed by atoms with Gasteiger partial charge in [-0.1, -0.05) is 36.8 Å². The summed E-state index contributed by atoms with van der Waals surface area (Å²) in [5.41, 5.74) is 6.68. The Labute approximate surface area is 127 Å². The zero-order chi connectivity index (χ0) is 14.8. The first-order valence-corrected chi connectivity index (χ1v) is 8.08. The Bertz CT molecular complexity index is 610. The van der Waals surface area contributed by atoms with Gasteiger partial charge in [0.15, 0.2) is 0 Å². The van der Waals surface area contributed by atoms with Crippen molar-refractivity contribution in [3.8, 4) is 11.3 Å². The van der Waals surface area contributed by atoms with Crippen molar-refractivity contribution in [2.24, 2.45) is 0 Å². The summed E-state index contributed by atoms with van der Waals surface area (Å²) in [6.45, 7) is 8.73. The van der Waals surface area contributed by atoms with E-state index in [4.69, 9.17) is 5.10 Å². The molecule has 1 aliphatic heterocycles. The molecule has 1 aromatic carbocycles. The van der Waals surface area contributed by atoms with Gasteiger partial charge in [-0.05, 0) is 33.2 Å². The topological polar surface area (TPSA) is 29.9 Å². The van der Waals surface area contributed by atoms with Crippen molar-refractivity contribution in [3.63, 3.8) is 0 Å². The van der Waals surface area contributed by atoms with Gasteiger partial charge in [-0.25, -0.2) is 0 Å². The lowest BCUT2D eigenvalue weighted by molar-refractivity contribution is 0.477. The molecule has 2 heterocycles. The predicted molar refractivity (Wildman–Crippen MR) is 87.7 cm³/mol. The van der Waals surface area contributed by atoms with Crippen LogP contribution in [0.15, 0.2) is 24.3 Å². The molecule has 0 radical (unpaired) electrons. The maximum atomic E-state index is 4.96. The highest BCUT2D eigenvalue weighted by atomic mass is 15.3. The second kappa shape index (κ2) is 6.02. The zero-order valence-electron chi connectivity index (χ0n) is 13.3. The molecule has 3 nitrogen and oxygen atoms in total. The first-order valence-electron chi connectivity index (χ1n) is 8.08. The maximum Gasteiger partial charge on any atom is 0.0720 e. The summed E-state index contributed by atoms with van der Waals surface area (Å²) in [6, 6.07) is 9.32. The summed E-state index contributed by atoms with van der Waals surface area (Å²) in [7, 11) is 0. The highest BCUT2D eigenvalue weighted by molar-refractivity contribution is 5.65. The second-order valence-corrected chi connectivity index (χ2v) is 6.09. The Morgan fingerprint density at radius 3 is 2.62 bits per heavy atom. The van der Waals surface area contributed by atoms with Crippen LogP contribution in [0.25, 0.3) is 11.3 Å². The number of nitrogens with zero attached hydrogens (tertiary/aromatic N) is 2. The fraction of sp³-hybridized carbons (Fsp3) is 0.500. The number of nitrogens with one attached hydrogen (secondary N) is 1. The van der Waals surface area contributed by atoms with Gasteiger partial charge in [-0.2, -0.15) is 5.10 Å². The van der Waals surface area contributed by atoms with Gasteiger partial charge in [0.2, 0.25) is 0 Å². The van der Waals surface area contributed by atoms with Gasteiger partial charge in [0, 0.05) is 30.1 Å². The molecule has 0 saturated carbocycles. The lowest BCUT2D eigenvalue weighted by Crippen LogP contribution is -2.17. The summed E-state index contributed by atoms with van der Waals surface area (Å²) in [5, 5.41) is 8.44. The standard InChI is InChI=1S/C18H25N3/c1-4-14(3)21-18(15-7-5-13(2)6-8-15)16-9-11-19-12-10-17(16)20-21/h5-8,14,19H,4,9-12H2,1-3H3. The molecular formula is C18H25N3. The molecule has 1 N–H and O–H groups in total. The first kappa shape index (κ1) is 14.3. The number of aromatic nitrogens is 2. The number of benzene rings is 1. The summed E-state index contributed by atoms with van der Waals surface area (Å²) >= 11 is 0. The molecule has 0 spiro atoms. The van der Waals surface area contributed by atoms with Gasteiger partial charge < -0.3 is 5.32 Å². The molecule has 0 fully saturated rings. The van der Waals surface area contributed by atoms with E-state index in [-0.39, 0.29) is 0 Å². The van der Waals surface area contributed by atoms with Crippen LogP contribution in [0, 0.1) is 6.92 Å². The fourth-order valence-electron chi connectivity index (χ4n) is 3.03. The predicted octanol–water partition coefficient (Wildman–Crippen LogP) is 3.52. The highest BCUT2D eigenvalue weighted by Gasteiger charge is 2.22. The highest BCUT2D eigenvalue weighted by Crippen LogP contribution is 2.31. The molecule has 1 aromatic heterocycles. The molecule has 3 heteroatoms. The normalized spacial score (nSPS) is 16.3. The third kappa shape index (κ3) is 2.75. The molecule has 1 unspecified atom stereocenters. The van der Waals surface area contributed by atoms with Gasteiger partial charge in [-0.15, -0.1) is 0 Å². The molecule has 0 saturated heterocycles. The smallest absolute Gasteiger partial charge is 0.0720 e. The van der Waals surface area contributed by atoms with Crippen LogP contribution in [-0.2, 0) is 12.8 Å². The van der Waals surface area contributed by atoms with Gasteiger partial charge >= 0.3 is 0 Å². The third-order valence-corrected chi connectivity index (χ3v) is 4.52. The van der Waals surface area contributed by atoms with Crippen molar-refractivity contribution in [2.75, 3.05) is 13.1 Å². The summed E-state index contributed by atoms with van der Waals surface area (Å²) < 4.78 is 2.26. The Morgan fingerprint density at radius 2 is 1.90 bits per heavy atom. The minimum absolute atomic E-state index is 0.446. The minimum Gasteiger partial charge on any atom is -0.316 e. The molecule has 112 valence electrons. The van der Waals surface area contributed by atoms with Crippen molar-refractivity contribution in [1.82, 2.24) is 15.1 Å². The largest absolute Gasteiger partial charge is 0.316 e. The molecule has 0 amide bonds. The average molecular weight is 283 g/mol. The monoisotopic (exact) mass is 283 g/mol. The number of hydrogen-bond donors (Lipinski definition) is 1. The van der Waals surface area contributed by atoms with Crippen LogP contribution >= 0.6 is 0 Å². The van der Waals surface area contributed by atoms with Gasteiger partial charge in [0.05, 0.1) is 11.4 Å². The summed E-state index contributed by atoms with van der Waals surface area (Å²) in [5.74, 6) is 0. The Kier molecular flexibility index (Phi) is 4.11. The Hall–Kier alpha value is -1.61. The zero-order valence-corrected chi connectivity index (χ0v) is 13.3. The van der Waals surface area contributed by atoms with E-state index in [2.05, 4.69) is 55.0 Å². The van der Waals surface area contributed by atoms with Crippen LogP contribution in [0.5, 0.6) is 0 Å². The number of rotatable bonds is 3. The van der Waals surface area contributed by atoms with Crippen molar-refractivity contribution < 1.29 is 0 Å². The van der Waals surface area contributed by atoms with E-state index in [1.807, 2.05) is 0 Å². The second-order valence-electron chi connectivity index (χ2n) is 6.09. The van der Waals surface area contributed by atoms with Gasteiger partial charge in [0.1, 0.15) is 0 Å². The van der Waals surface area contributed by atoms with Gasteiger partial charge in [-0.3, -0.25) is 4.68 Å². The van der Waals surface area contributed by atoms with Crippen LogP contribution in [0.4, 0.5) is 0 Å². The van der Waals surface area contributed by atoms with Crippen molar-refractivity contribution >= 4 is 0 Å². The summed E-state index contributed by atoms with van der Waals surface area (Å²) in [6.07, 6.45) is 3.23. The van der Waals surface area contributed by atoms with E-state index >= 15 is 0 Å². The van der Waals surface area contributed by atoms with Crippen LogP contribution in [-0.4, -0.2) is 22.9 Å². The van der Waals surface area contributed by atoms with Crippen LogP contribution in [0.3, 0.4) is 0 Å². The molecule has 0 bridgehead atoms. The lowest BCUT2D eigenvalue weighted by Gasteiger charge is -2.15. The third-order valence-electron chi connectivity index (χ3n) is 4.52. The van der Waals surface area contributed by atoms with Crippen LogP contribution in [0.1, 0.15) is 43.1 Å². The Morgan fingerprint density at radius 1 is 1.19 bits per heavy atom. The fourth-order valence-corrected chi connectivity index (χ4v) is 3.03. The van der Waals surface area contributed by atoms with Crippen LogP contribution < -0.4 is 5.32 Å². The number of aryl methyl sites for hydroxylation is 1. The van der Waals surface area contributed by atoms with E-state index in [0.717, 1.165) is 32.4 Å². The van der Waals surface area contributed by atoms with Gasteiger partial charge in [0.25, 0.3) is 0 Å². The molecule has 1 aliphatic rings.